The maximum absolute atomic E-state index is 12.8. The molecule has 0 heterocycles. The minimum atomic E-state index is -3.35. The molecule has 12 heavy (non-hydrogen) atoms. The normalized spacial score (nSPS) is 21.1. The van der Waals surface area contributed by atoms with E-state index < -0.39 is 31.1 Å². The molecule has 0 aliphatic heterocycles. The summed E-state index contributed by atoms with van der Waals surface area (Å²) in [4.78, 5) is 9.79. The van der Waals surface area contributed by atoms with Gasteiger partial charge in [-0.15, -0.1) is 0 Å². The average molecular weight is 182 g/mol. The van der Waals surface area contributed by atoms with Crippen LogP contribution in [0.4, 0.5) is 4.39 Å². The molecule has 0 amide bonds. The first kappa shape index (κ1) is 11.4. The molecule has 0 saturated carbocycles. The van der Waals surface area contributed by atoms with Gasteiger partial charge in [0.25, 0.3) is 5.85 Å². The summed E-state index contributed by atoms with van der Waals surface area (Å²) >= 11 is 0. The molecule has 0 spiro atoms. The Morgan fingerprint density at radius 1 is 1.42 bits per heavy atom. The molecule has 4 N–H and O–H groups in total. The molecule has 5 nitrogen and oxygen atoms in total. The lowest BCUT2D eigenvalue weighted by atomic mass is 10.0. The third kappa shape index (κ3) is 2.49. The van der Waals surface area contributed by atoms with Crippen LogP contribution in [0, 0.1) is 0 Å². The number of rotatable bonds is 5. The van der Waals surface area contributed by atoms with E-state index in [1.165, 1.54) is 0 Å². The van der Waals surface area contributed by atoms with E-state index in [4.69, 9.17) is 20.4 Å². The highest BCUT2D eigenvalue weighted by Crippen LogP contribution is 2.19. The highest BCUT2D eigenvalue weighted by molar-refractivity contribution is 5.50. The number of hydrogen-bond acceptors (Lipinski definition) is 5. The Labute approximate surface area is 68.1 Å². The SMILES string of the molecule is O=CC[C@@H](O)[C@@](O)(F)[C@H](O)CO. The molecule has 72 valence electrons. The number of alkyl halides is 1. The zero-order valence-electron chi connectivity index (χ0n) is 6.22. The van der Waals surface area contributed by atoms with Gasteiger partial charge in [0.1, 0.15) is 18.5 Å². The topological polar surface area (TPSA) is 98.0 Å². The number of aldehydes is 1. The highest BCUT2D eigenvalue weighted by atomic mass is 19.2. The van der Waals surface area contributed by atoms with Gasteiger partial charge in [0.2, 0.25) is 0 Å². The molecule has 0 radical (unpaired) electrons. The van der Waals surface area contributed by atoms with Crippen molar-refractivity contribution in [2.24, 2.45) is 0 Å². The number of carbonyl (C=O) groups excluding carboxylic acids is 1. The van der Waals surface area contributed by atoms with Gasteiger partial charge >= 0.3 is 0 Å². The van der Waals surface area contributed by atoms with Crippen molar-refractivity contribution in [2.75, 3.05) is 6.61 Å². The number of hydrogen-bond donors (Lipinski definition) is 4. The molecule has 0 bridgehead atoms. The second-order valence-corrected chi connectivity index (χ2v) is 2.34. The van der Waals surface area contributed by atoms with E-state index in [0.29, 0.717) is 0 Å². The van der Waals surface area contributed by atoms with Crippen LogP contribution >= 0.6 is 0 Å². The quantitative estimate of drug-likeness (QED) is 0.367. The lowest BCUT2D eigenvalue weighted by molar-refractivity contribution is -0.233. The monoisotopic (exact) mass is 182 g/mol. The van der Waals surface area contributed by atoms with Crippen molar-refractivity contribution in [1.82, 2.24) is 0 Å². The van der Waals surface area contributed by atoms with Crippen molar-refractivity contribution in [3.63, 3.8) is 0 Å². The Morgan fingerprint density at radius 2 is 1.92 bits per heavy atom. The van der Waals surface area contributed by atoms with Gasteiger partial charge in [-0.05, 0) is 0 Å². The maximum atomic E-state index is 12.8. The van der Waals surface area contributed by atoms with E-state index in [9.17, 15) is 9.18 Å². The Kier molecular flexibility index (Phi) is 4.25. The first-order chi connectivity index (χ1) is 5.46. The van der Waals surface area contributed by atoms with Crippen LogP contribution in [0.2, 0.25) is 0 Å². The van der Waals surface area contributed by atoms with Crippen LogP contribution in [0.1, 0.15) is 6.42 Å². The molecular weight excluding hydrogens is 171 g/mol. The summed E-state index contributed by atoms with van der Waals surface area (Å²) in [5, 5.41) is 34.3. The van der Waals surface area contributed by atoms with Gasteiger partial charge in [0, 0.05) is 6.42 Å². The van der Waals surface area contributed by atoms with Gasteiger partial charge < -0.3 is 25.2 Å². The van der Waals surface area contributed by atoms with Crippen molar-refractivity contribution >= 4 is 6.29 Å². The molecule has 0 aromatic carbocycles. The summed E-state index contributed by atoms with van der Waals surface area (Å²) in [6, 6.07) is 0. The fraction of sp³-hybridized carbons (Fsp3) is 0.833. The summed E-state index contributed by atoms with van der Waals surface area (Å²) in [7, 11) is 0. The smallest absolute Gasteiger partial charge is 0.261 e. The van der Waals surface area contributed by atoms with E-state index >= 15 is 0 Å². The molecule has 6 heteroatoms. The fourth-order valence-corrected chi connectivity index (χ4v) is 0.607. The second kappa shape index (κ2) is 4.46. The maximum Gasteiger partial charge on any atom is 0.261 e. The van der Waals surface area contributed by atoms with Gasteiger partial charge in [-0.3, -0.25) is 0 Å². The second-order valence-electron chi connectivity index (χ2n) is 2.34. The third-order valence-corrected chi connectivity index (χ3v) is 1.43. The van der Waals surface area contributed by atoms with Crippen LogP contribution in [0.5, 0.6) is 0 Å². The van der Waals surface area contributed by atoms with E-state index in [0.717, 1.165) is 0 Å². The lowest BCUT2D eigenvalue weighted by Crippen LogP contribution is -2.50. The van der Waals surface area contributed by atoms with Gasteiger partial charge in [-0.25, -0.2) is 4.39 Å². The molecule has 0 aromatic heterocycles. The van der Waals surface area contributed by atoms with Gasteiger partial charge in [0.05, 0.1) is 6.61 Å². The zero-order valence-corrected chi connectivity index (χ0v) is 6.22. The molecule has 0 rings (SSSR count). The van der Waals surface area contributed by atoms with E-state index in [1.807, 2.05) is 0 Å². The van der Waals surface area contributed by atoms with E-state index in [1.54, 1.807) is 0 Å². The molecule has 0 aliphatic rings. The van der Waals surface area contributed by atoms with Crippen molar-refractivity contribution in [3.8, 4) is 0 Å². The van der Waals surface area contributed by atoms with Crippen LogP contribution in [0.15, 0.2) is 0 Å². The minimum Gasteiger partial charge on any atom is -0.393 e. The van der Waals surface area contributed by atoms with Crippen LogP contribution in [0.25, 0.3) is 0 Å². The molecule has 0 fully saturated rings. The average Bonchev–Trinajstić information content (AvgIpc) is 2.03. The number of aliphatic hydroxyl groups excluding tert-OH is 3. The molecule has 0 aliphatic carbocycles. The number of halogens is 1. The Balaban J connectivity index is 4.25. The zero-order chi connectivity index (χ0) is 9.78. The largest absolute Gasteiger partial charge is 0.393 e. The van der Waals surface area contributed by atoms with Crippen LogP contribution in [-0.4, -0.2) is 51.4 Å². The van der Waals surface area contributed by atoms with Gasteiger partial charge in [-0.2, -0.15) is 0 Å². The van der Waals surface area contributed by atoms with Crippen molar-refractivity contribution < 1.29 is 29.6 Å². The first-order valence-corrected chi connectivity index (χ1v) is 3.28. The Bertz CT molecular complexity index is 149. The summed E-state index contributed by atoms with van der Waals surface area (Å²) < 4.78 is 12.8. The number of aliphatic hydroxyl groups is 4. The van der Waals surface area contributed by atoms with Gasteiger partial charge in [-0.1, -0.05) is 0 Å². The minimum absolute atomic E-state index is 0.194. The van der Waals surface area contributed by atoms with Crippen LogP contribution in [0.3, 0.4) is 0 Å². The third-order valence-electron chi connectivity index (χ3n) is 1.43. The van der Waals surface area contributed by atoms with Crippen LogP contribution in [-0.2, 0) is 4.79 Å². The lowest BCUT2D eigenvalue weighted by Gasteiger charge is -2.27. The van der Waals surface area contributed by atoms with Crippen molar-refractivity contribution in [1.29, 1.82) is 0 Å². The molecule has 0 unspecified atom stereocenters. The van der Waals surface area contributed by atoms with Crippen molar-refractivity contribution in [2.45, 2.75) is 24.5 Å². The number of carbonyl (C=O) groups is 1. The van der Waals surface area contributed by atoms with Crippen LogP contribution < -0.4 is 0 Å². The fourth-order valence-electron chi connectivity index (χ4n) is 0.607. The van der Waals surface area contributed by atoms with Crippen molar-refractivity contribution in [3.05, 3.63) is 0 Å². The molecular formula is C6H11FO5. The van der Waals surface area contributed by atoms with Gasteiger partial charge in [0.15, 0.2) is 0 Å². The first-order valence-electron chi connectivity index (χ1n) is 3.28. The standard InChI is InChI=1S/C6H11FO5/c7-6(12,5(11)3-9)4(10)1-2-8/h2,4-5,9-12H,1,3H2/t4-,5-,6+/m1/s1. The summed E-state index contributed by atoms with van der Waals surface area (Å²) in [5.74, 6) is -3.35. The summed E-state index contributed by atoms with van der Waals surface area (Å²) in [6.45, 7) is -1.04. The Hall–Kier alpha value is -0.560. The molecule has 0 aromatic rings. The predicted molar refractivity (Wildman–Crippen MR) is 35.8 cm³/mol. The highest BCUT2D eigenvalue weighted by Gasteiger charge is 2.42. The summed E-state index contributed by atoms with van der Waals surface area (Å²) in [6.07, 6.45) is -4.60. The summed E-state index contributed by atoms with van der Waals surface area (Å²) in [5.41, 5.74) is 0. The molecule has 0 saturated heterocycles. The predicted octanol–water partition coefficient (Wildman–Crippen LogP) is -2.05. The Morgan fingerprint density at radius 3 is 2.25 bits per heavy atom. The van der Waals surface area contributed by atoms with E-state index in [-0.39, 0.29) is 6.29 Å². The molecule has 3 atom stereocenters. The van der Waals surface area contributed by atoms with E-state index in [2.05, 4.69) is 0 Å².